The Morgan fingerprint density at radius 2 is 1.81 bits per heavy atom. The van der Waals surface area contributed by atoms with Gasteiger partial charge in [0.15, 0.2) is 5.69 Å². The summed E-state index contributed by atoms with van der Waals surface area (Å²) in [6.07, 6.45) is 2.92. The maximum Gasteiger partial charge on any atom is 0.407 e. The molecule has 0 radical (unpaired) electrons. The molecule has 0 N–H and O–H groups in total. The number of para-hydroxylation sites is 2. The monoisotopic (exact) mass is 353 g/mol. The molecule has 0 saturated carbocycles. The minimum absolute atomic E-state index is 0.0274. The minimum atomic E-state index is -0.823. The number of carbonyl (C=O) groups excluding carboxylic acids is 2. The predicted octanol–water partition coefficient (Wildman–Crippen LogP) is 1.80. The second-order valence-corrected chi connectivity index (χ2v) is 5.22. The molecule has 2 aromatic heterocycles. The van der Waals surface area contributed by atoms with Crippen LogP contribution in [0.4, 0.5) is 0 Å². The third kappa shape index (κ3) is 3.44. The highest BCUT2D eigenvalue weighted by Gasteiger charge is 2.28. The number of nitrogens with zero attached hydrogens (tertiary/aromatic N) is 3. The number of benzene rings is 1. The van der Waals surface area contributed by atoms with Gasteiger partial charge in [0.05, 0.1) is 12.2 Å². The molecule has 132 valence electrons. The standard InChI is InChI=1S/C18H15N3O5/c1-2-25-18(23)16-14(11-26-17(22)12-7-9-19-10-8-12)20-13-5-3-4-6-15(13)21(16)24/h3-10H,2,11H2,1H3. The van der Waals surface area contributed by atoms with E-state index >= 15 is 0 Å². The molecule has 8 nitrogen and oxygen atoms in total. The molecule has 0 fully saturated rings. The van der Waals surface area contributed by atoms with Gasteiger partial charge in [0, 0.05) is 18.5 Å². The molecule has 0 aliphatic heterocycles. The predicted molar refractivity (Wildman–Crippen MR) is 90.0 cm³/mol. The van der Waals surface area contributed by atoms with E-state index < -0.39 is 11.9 Å². The summed E-state index contributed by atoms with van der Waals surface area (Å²) in [4.78, 5) is 32.4. The van der Waals surface area contributed by atoms with Crippen molar-refractivity contribution in [1.82, 2.24) is 9.97 Å². The van der Waals surface area contributed by atoms with Crippen LogP contribution in [0, 0.1) is 5.21 Å². The summed E-state index contributed by atoms with van der Waals surface area (Å²) in [5.74, 6) is -1.44. The molecule has 2 heterocycles. The number of ether oxygens (including phenoxy) is 2. The van der Waals surface area contributed by atoms with Gasteiger partial charge in [-0.25, -0.2) is 14.6 Å². The van der Waals surface area contributed by atoms with Crippen LogP contribution in [0.25, 0.3) is 11.0 Å². The van der Waals surface area contributed by atoms with E-state index in [1.165, 1.54) is 24.5 Å². The number of hydrogen-bond donors (Lipinski definition) is 0. The first-order valence-electron chi connectivity index (χ1n) is 7.87. The lowest BCUT2D eigenvalue weighted by Crippen LogP contribution is -2.39. The Bertz CT molecular complexity index is 960. The summed E-state index contributed by atoms with van der Waals surface area (Å²) in [5.41, 5.74) is 0.631. The highest BCUT2D eigenvalue weighted by atomic mass is 16.5. The van der Waals surface area contributed by atoms with Crippen molar-refractivity contribution in [3.8, 4) is 0 Å². The average molecular weight is 353 g/mol. The van der Waals surface area contributed by atoms with Crippen molar-refractivity contribution in [2.24, 2.45) is 0 Å². The molecule has 0 bridgehead atoms. The number of fused-ring (bicyclic) bond motifs is 1. The molecular formula is C18H15N3O5. The molecule has 26 heavy (non-hydrogen) atoms. The fourth-order valence-corrected chi connectivity index (χ4v) is 2.37. The van der Waals surface area contributed by atoms with Crippen LogP contribution in [-0.2, 0) is 16.1 Å². The molecule has 0 aliphatic rings. The molecule has 0 saturated heterocycles. The van der Waals surface area contributed by atoms with Crippen molar-refractivity contribution in [2.75, 3.05) is 6.61 Å². The van der Waals surface area contributed by atoms with Gasteiger partial charge in [-0.1, -0.05) is 12.1 Å². The van der Waals surface area contributed by atoms with Crippen LogP contribution in [0.2, 0.25) is 0 Å². The van der Waals surface area contributed by atoms with Gasteiger partial charge in [-0.15, -0.1) is 0 Å². The van der Waals surface area contributed by atoms with Gasteiger partial charge in [-0.05, 0) is 25.1 Å². The maximum absolute atomic E-state index is 12.6. The minimum Gasteiger partial charge on any atom is -0.618 e. The van der Waals surface area contributed by atoms with Gasteiger partial charge in [-0.2, -0.15) is 4.73 Å². The molecule has 3 aromatic rings. The van der Waals surface area contributed by atoms with E-state index in [1.54, 1.807) is 31.2 Å². The quantitative estimate of drug-likeness (QED) is 0.391. The number of pyridine rings is 1. The fraction of sp³-hybridized carbons (Fsp3) is 0.167. The third-order valence-electron chi connectivity index (χ3n) is 3.56. The Morgan fingerprint density at radius 1 is 1.08 bits per heavy atom. The maximum atomic E-state index is 12.6. The van der Waals surface area contributed by atoms with Gasteiger partial charge >= 0.3 is 17.6 Å². The van der Waals surface area contributed by atoms with Crippen molar-refractivity contribution in [1.29, 1.82) is 0 Å². The van der Waals surface area contributed by atoms with Crippen LogP contribution < -0.4 is 4.73 Å². The first-order valence-corrected chi connectivity index (χ1v) is 7.87. The zero-order valence-electron chi connectivity index (χ0n) is 13.9. The number of esters is 2. The van der Waals surface area contributed by atoms with Crippen molar-refractivity contribution < 1.29 is 23.8 Å². The van der Waals surface area contributed by atoms with Crippen LogP contribution in [0.3, 0.4) is 0 Å². The number of hydrogen-bond acceptors (Lipinski definition) is 7. The summed E-state index contributed by atoms with van der Waals surface area (Å²) in [5, 5.41) is 12.6. The van der Waals surface area contributed by atoms with E-state index in [0.29, 0.717) is 15.8 Å². The van der Waals surface area contributed by atoms with E-state index in [-0.39, 0.29) is 30.1 Å². The lowest BCUT2D eigenvalue weighted by molar-refractivity contribution is -0.581. The second-order valence-electron chi connectivity index (χ2n) is 5.22. The molecule has 1 aromatic carbocycles. The molecule has 0 unspecified atom stereocenters. The molecular weight excluding hydrogens is 338 g/mol. The highest BCUT2D eigenvalue weighted by Crippen LogP contribution is 2.14. The summed E-state index contributed by atoms with van der Waals surface area (Å²) in [7, 11) is 0. The van der Waals surface area contributed by atoms with Crippen molar-refractivity contribution in [2.45, 2.75) is 13.5 Å². The Hall–Kier alpha value is -3.55. The number of aromatic nitrogens is 3. The van der Waals surface area contributed by atoms with Gasteiger partial charge in [0.25, 0.3) is 0 Å². The van der Waals surface area contributed by atoms with Gasteiger partial charge in [-0.3, -0.25) is 4.98 Å². The molecule has 0 spiro atoms. The van der Waals surface area contributed by atoms with E-state index in [0.717, 1.165) is 0 Å². The van der Waals surface area contributed by atoms with Crippen LogP contribution in [0.5, 0.6) is 0 Å². The Balaban J connectivity index is 1.96. The van der Waals surface area contributed by atoms with E-state index in [9.17, 15) is 14.8 Å². The Kier molecular flexibility index (Phi) is 5.02. The van der Waals surface area contributed by atoms with Crippen LogP contribution in [0.15, 0.2) is 48.8 Å². The number of rotatable bonds is 5. The van der Waals surface area contributed by atoms with Crippen molar-refractivity contribution in [3.05, 3.63) is 71.0 Å². The average Bonchev–Trinajstić information content (AvgIpc) is 2.67. The normalized spacial score (nSPS) is 10.5. The van der Waals surface area contributed by atoms with Crippen molar-refractivity contribution >= 4 is 23.0 Å². The molecule has 0 amide bonds. The molecule has 0 atom stereocenters. The van der Waals surface area contributed by atoms with Gasteiger partial charge in [0.2, 0.25) is 5.52 Å². The highest BCUT2D eigenvalue weighted by molar-refractivity contribution is 5.90. The lowest BCUT2D eigenvalue weighted by Gasteiger charge is -2.11. The summed E-state index contributed by atoms with van der Waals surface area (Å²) < 4.78 is 10.6. The second kappa shape index (κ2) is 7.56. The van der Waals surface area contributed by atoms with E-state index in [1.807, 2.05) is 0 Å². The SMILES string of the molecule is CCOC(=O)c1c(COC(=O)c2ccncc2)nc2ccccc2[n+]1[O-]. The first-order chi connectivity index (χ1) is 12.6. The van der Waals surface area contributed by atoms with Crippen molar-refractivity contribution in [3.63, 3.8) is 0 Å². The first kappa shape index (κ1) is 17.3. The third-order valence-corrected chi connectivity index (χ3v) is 3.56. The van der Waals surface area contributed by atoms with Crippen LogP contribution in [-0.4, -0.2) is 28.5 Å². The summed E-state index contributed by atoms with van der Waals surface area (Å²) in [6.45, 7) is 1.38. The fourth-order valence-electron chi connectivity index (χ4n) is 2.37. The molecule has 3 rings (SSSR count). The van der Waals surface area contributed by atoms with Crippen LogP contribution in [0.1, 0.15) is 33.5 Å². The smallest absolute Gasteiger partial charge is 0.407 e. The van der Waals surface area contributed by atoms with Gasteiger partial charge in [0.1, 0.15) is 12.1 Å². The van der Waals surface area contributed by atoms with Crippen LogP contribution >= 0.6 is 0 Å². The Morgan fingerprint density at radius 3 is 2.54 bits per heavy atom. The summed E-state index contributed by atoms with van der Waals surface area (Å²) in [6, 6.07) is 9.55. The zero-order chi connectivity index (χ0) is 18.5. The number of carbonyl (C=O) groups is 2. The largest absolute Gasteiger partial charge is 0.618 e. The van der Waals surface area contributed by atoms with Gasteiger partial charge < -0.3 is 14.7 Å². The lowest BCUT2D eigenvalue weighted by atomic mass is 10.2. The molecule has 8 heteroatoms. The molecule has 0 aliphatic carbocycles. The van der Waals surface area contributed by atoms with E-state index in [4.69, 9.17) is 9.47 Å². The van der Waals surface area contributed by atoms with E-state index in [2.05, 4.69) is 9.97 Å². The zero-order valence-corrected chi connectivity index (χ0v) is 13.9. The Labute approximate surface area is 148 Å². The topological polar surface area (TPSA) is 105 Å². The summed E-state index contributed by atoms with van der Waals surface area (Å²) >= 11 is 0.